The van der Waals surface area contributed by atoms with Crippen LogP contribution in [0.2, 0.25) is 0 Å². The van der Waals surface area contributed by atoms with Gasteiger partial charge in [0.1, 0.15) is 0 Å². The summed E-state index contributed by atoms with van der Waals surface area (Å²) in [5, 5.41) is 6.49. The van der Waals surface area contributed by atoms with E-state index in [1.165, 1.54) is 36.9 Å². The molecule has 1 aromatic carbocycles. The monoisotopic (exact) mass is 306 g/mol. The van der Waals surface area contributed by atoms with Crippen LogP contribution in [0.3, 0.4) is 0 Å². The molecule has 2 saturated carbocycles. The molecule has 1 aliphatic heterocycles. The zero-order chi connectivity index (χ0) is 13.5. The van der Waals surface area contributed by atoms with Crippen molar-refractivity contribution in [2.75, 3.05) is 18.4 Å². The predicted molar refractivity (Wildman–Crippen MR) is 87.2 cm³/mol. The molecule has 114 valence electrons. The number of amides is 1. The van der Waals surface area contributed by atoms with E-state index in [4.69, 9.17) is 0 Å². The number of hydrogen-bond donors (Lipinski definition) is 2. The standard InChI is InChI=1S/C17H22N2O.ClH/c20-17(14-3-4-16-13(9-14)5-6-18-16)19-10-15-8-11-1-2-12(15)7-11;/h3-4,9,11-12,15,18H,1-2,5-8,10H2,(H,19,20);1H. The minimum Gasteiger partial charge on any atom is -0.384 e. The van der Waals surface area contributed by atoms with Gasteiger partial charge in [-0.25, -0.2) is 0 Å². The summed E-state index contributed by atoms with van der Waals surface area (Å²) in [5.41, 5.74) is 3.28. The molecule has 2 bridgehead atoms. The van der Waals surface area contributed by atoms with Crippen LogP contribution in [-0.2, 0) is 6.42 Å². The number of hydrogen-bond acceptors (Lipinski definition) is 2. The van der Waals surface area contributed by atoms with Crippen LogP contribution in [0.5, 0.6) is 0 Å². The zero-order valence-corrected chi connectivity index (χ0v) is 13.0. The first-order chi connectivity index (χ1) is 9.79. The minimum absolute atomic E-state index is 0. The van der Waals surface area contributed by atoms with E-state index < -0.39 is 0 Å². The number of carbonyl (C=O) groups is 1. The average Bonchev–Trinajstić information content (AvgIpc) is 3.19. The van der Waals surface area contributed by atoms with Crippen LogP contribution in [0.25, 0.3) is 0 Å². The van der Waals surface area contributed by atoms with Crippen LogP contribution in [0.1, 0.15) is 41.6 Å². The first kappa shape index (κ1) is 14.7. The zero-order valence-electron chi connectivity index (χ0n) is 12.2. The maximum absolute atomic E-state index is 12.3. The Bertz CT molecular complexity index is 546. The summed E-state index contributed by atoms with van der Waals surface area (Å²) < 4.78 is 0. The van der Waals surface area contributed by atoms with Crippen molar-refractivity contribution in [3.8, 4) is 0 Å². The summed E-state index contributed by atoms with van der Waals surface area (Å²) in [6, 6.07) is 6.02. The Hall–Kier alpha value is -1.22. The highest BCUT2D eigenvalue weighted by Gasteiger charge is 2.39. The van der Waals surface area contributed by atoms with E-state index in [1.807, 2.05) is 18.2 Å². The normalized spacial score (nSPS) is 28.7. The van der Waals surface area contributed by atoms with Gasteiger partial charge in [0.05, 0.1) is 0 Å². The van der Waals surface area contributed by atoms with E-state index in [-0.39, 0.29) is 18.3 Å². The summed E-state index contributed by atoms with van der Waals surface area (Å²) >= 11 is 0. The molecule has 3 unspecified atom stereocenters. The van der Waals surface area contributed by atoms with Gasteiger partial charge in [0.25, 0.3) is 5.91 Å². The Kier molecular flexibility index (Phi) is 4.12. The van der Waals surface area contributed by atoms with Gasteiger partial charge in [-0.1, -0.05) is 6.42 Å². The molecule has 4 heteroatoms. The van der Waals surface area contributed by atoms with Crippen molar-refractivity contribution in [1.29, 1.82) is 0 Å². The van der Waals surface area contributed by atoms with Crippen molar-refractivity contribution in [2.45, 2.75) is 32.1 Å². The first-order valence-electron chi connectivity index (χ1n) is 7.94. The Morgan fingerprint density at radius 2 is 2.19 bits per heavy atom. The maximum Gasteiger partial charge on any atom is 0.251 e. The third-order valence-corrected chi connectivity index (χ3v) is 5.49. The van der Waals surface area contributed by atoms with Crippen molar-refractivity contribution < 1.29 is 4.79 Å². The molecular formula is C17H23ClN2O. The first-order valence-corrected chi connectivity index (χ1v) is 7.94. The Labute approximate surface area is 132 Å². The van der Waals surface area contributed by atoms with Gasteiger partial charge >= 0.3 is 0 Å². The van der Waals surface area contributed by atoms with Gasteiger partial charge < -0.3 is 10.6 Å². The summed E-state index contributed by atoms with van der Waals surface area (Å²) in [5.74, 6) is 2.66. The van der Waals surface area contributed by atoms with Crippen LogP contribution in [0, 0.1) is 17.8 Å². The summed E-state index contributed by atoms with van der Waals surface area (Å²) in [4.78, 5) is 12.3. The maximum atomic E-state index is 12.3. The Morgan fingerprint density at radius 3 is 2.95 bits per heavy atom. The highest BCUT2D eigenvalue weighted by Crippen LogP contribution is 2.47. The number of rotatable bonds is 3. The molecule has 3 atom stereocenters. The lowest BCUT2D eigenvalue weighted by Crippen LogP contribution is -2.31. The van der Waals surface area contributed by atoms with E-state index in [9.17, 15) is 4.79 Å². The number of nitrogens with one attached hydrogen (secondary N) is 2. The molecule has 0 radical (unpaired) electrons. The van der Waals surface area contributed by atoms with E-state index in [1.54, 1.807) is 0 Å². The third kappa shape index (κ3) is 2.76. The number of benzene rings is 1. The SMILES string of the molecule is Cl.O=C(NCC1CC2CCC1C2)c1ccc2c(c1)CCN2. The molecular weight excluding hydrogens is 284 g/mol. The van der Waals surface area contributed by atoms with Crippen LogP contribution in [-0.4, -0.2) is 19.0 Å². The highest BCUT2D eigenvalue weighted by atomic mass is 35.5. The van der Waals surface area contributed by atoms with E-state index in [0.717, 1.165) is 42.8 Å². The van der Waals surface area contributed by atoms with E-state index in [0.29, 0.717) is 0 Å². The summed E-state index contributed by atoms with van der Waals surface area (Å²) in [6.07, 6.45) is 6.58. The molecule has 4 rings (SSSR count). The molecule has 21 heavy (non-hydrogen) atoms. The van der Waals surface area contributed by atoms with Gasteiger partial charge in [0.15, 0.2) is 0 Å². The fourth-order valence-corrected chi connectivity index (χ4v) is 4.40. The van der Waals surface area contributed by atoms with Crippen LogP contribution >= 0.6 is 12.4 Å². The number of halogens is 1. The predicted octanol–water partition coefficient (Wildman–Crippen LogP) is 3.24. The van der Waals surface area contributed by atoms with Gasteiger partial charge in [-0.15, -0.1) is 12.4 Å². The smallest absolute Gasteiger partial charge is 0.251 e. The minimum atomic E-state index is 0. The van der Waals surface area contributed by atoms with Gasteiger partial charge in [0, 0.05) is 24.3 Å². The number of anilines is 1. The van der Waals surface area contributed by atoms with Crippen LogP contribution in [0.4, 0.5) is 5.69 Å². The molecule has 2 fully saturated rings. The van der Waals surface area contributed by atoms with E-state index >= 15 is 0 Å². The molecule has 1 heterocycles. The van der Waals surface area contributed by atoms with Crippen LogP contribution in [0.15, 0.2) is 18.2 Å². The van der Waals surface area contributed by atoms with Crippen molar-refractivity contribution in [3.05, 3.63) is 29.3 Å². The van der Waals surface area contributed by atoms with Crippen molar-refractivity contribution in [2.24, 2.45) is 17.8 Å². The molecule has 0 spiro atoms. The fourth-order valence-electron chi connectivity index (χ4n) is 4.40. The average molecular weight is 307 g/mol. The quantitative estimate of drug-likeness (QED) is 0.900. The lowest BCUT2D eigenvalue weighted by Gasteiger charge is -2.21. The molecule has 3 nitrogen and oxygen atoms in total. The highest BCUT2D eigenvalue weighted by molar-refractivity contribution is 5.95. The lowest BCUT2D eigenvalue weighted by atomic mass is 9.89. The Morgan fingerprint density at radius 1 is 1.29 bits per heavy atom. The number of fused-ring (bicyclic) bond motifs is 3. The Balaban J connectivity index is 0.00000132. The topological polar surface area (TPSA) is 41.1 Å². The van der Waals surface area contributed by atoms with Gasteiger partial charge in [-0.2, -0.15) is 0 Å². The molecule has 0 aromatic heterocycles. The van der Waals surface area contributed by atoms with Crippen molar-refractivity contribution >= 4 is 24.0 Å². The van der Waals surface area contributed by atoms with Crippen molar-refractivity contribution in [3.63, 3.8) is 0 Å². The number of carbonyl (C=O) groups excluding carboxylic acids is 1. The summed E-state index contributed by atoms with van der Waals surface area (Å²) in [7, 11) is 0. The molecule has 0 saturated heterocycles. The van der Waals surface area contributed by atoms with E-state index in [2.05, 4.69) is 10.6 Å². The van der Waals surface area contributed by atoms with Gasteiger partial charge in [-0.05, 0) is 67.2 Å². The fraction of sp³-hybridized carbons (Fsp3) is 0.588. The summed E-state index contributed by atoms with van der Waals surface area (Å²) in [6.45, 7) is 1.86. The largest absolute Gasteiger partial charge is 0.384 e. The van der Waals surface area contributed by atoms with Crippen LogP contribution < -0.4 is 10.6 Å². The molecule has 3 aliphatic rings. The molecule has 2 N–H and O–H groups in total. The molecule has 2 aliphatic carbocycles. The molecule has 1 aromatic rings. The second-order valence-corrected chi connectivity index (χ2v) is 6.69. The van der Waals surface area contributed by atoms with Crippen molar-refractivity contribution in [1.82, 2.24) is 5.32 Å². The van der Waals surface area contributed by atoms with Gasteiger partial charge in [-0.3, -0.25) is 4.79 Å². The second-order valence-electron chi connectivity index (χ2n) is 6.69. The lowest BCUT2D eigenvalue weighted by molar-refractivity contribution is 0.0941. The van der Waals surface area contributed by atoms with Gasteiger partial charge in [0.2, 0.25) is 0 Å². The second kappa shape index (κ2) is 5.88. The third-order valence-electron chi connectivity index (χ3n) is 5.49. The molecule has 1 amide bonds.